The van der Waals surface area contributed by atoms with Crippen LogP contribution in [0.15, 0.2) is 54.7 Å². The van der Waals surface area contributed by atoms with Gasteiger partial charge in [0, 0.05) is 35.8 Å². The third-order valence-electron chi connectivity index (χ3n) is 5.52. The van der Waals surface area contributed by atoms with Gasteiger partial charge in [0.2, 0.25) is 0 Å². The number of aromatic nitrogens is 2. The van der Waals surface area contributed by atoms with Crippen molar-refractivity contribution in [2.24, 2.45) is 0 Å². The second-order valence-electron chi connectivity index (χ2n) is 7.22. The lowest BCUT2D eigenvalue weighted by atomic mass is 9.74. The number of halogens is 2. The first-order chi connectivity index (χ1) is 14.1. The van der Waals surface area contributed by atoms with Crippen LogP contribution in [0.25, 0.3) is 11.3 Å². The summed E-state index contributed by atoms with van der Waals surface area (Å²) in [6.07, 6.45) is 3.01. The van der Waals surface area contributed by atoms with Crippen LogP contribution in [0.4, 0.5) is 4.39 Å². The first-order valence-corrected chi connectivity index (χ1v) is 9.87. The average molecular weight is 414 g/mol. The van der Waals surface area contributed by atoms with Crippen LogP contribution in [-0.2, 0) is 10.2 Å². The molecule has 2 heterocycles. The maximum Gasteiger partial charge on any atom is 0.255 e. The zero-order valence-corrected chi connectivity index (χ0v) is 16.5. The summed E-state index contributed by atoms with van der Waals surface area (Å²) in [5, 5.41) is 10.4. The number of rotatable bonds is 5. The number of amides is 1. The van der Waals surface area contributed by atoms with E-state index in [1.807, 2.05) is 24.3 Å². The Bertz CT molecular complexity index is 997. The molecule has 1 fully saturated rings. The fraction of sp³-hybridized carbons (Fsp3) is 0.273. The van der Waals surface area contributed by atoms with E-state index in [0.29, 0.717) is 41.6 Å². The number of aromatic amines is 1. The first kappa shape index (κ1) is 19.6. The molecular formula is C22H21ClFN3O2. The summed E-state index contributed by atoms with van der Waals surface area (Å²) < 4.78 is 19.7. The van der Waals surface area contributed by atoms with Gasteiger partial charge in [-0.25, -0.2) is 4.39 Å². The minimum absolute atomic E-state index is 0.236. The Kier molecular flexibility index (Phi) is 5.65. The molecule has 1 amide bonds. The predicted molar refractivity (Wildman–Crippen MR) is 109 cm³/mol. The third-order valence-corrected chi connectivity index (χ3v) is 5.77. The highest BCUT2D eigenvalue weighted by Gasteiger charge is 2.35. The molecule has 150 valence electrons. The summed E-state index contributed by atoms with van der Waals surface area (Å²) >= 11 is 6.04. The number of hydrogen-bond acceptors (Lipinski definition) is 3. The number of nitrogens with zero attached hydrogens (tertiary/aromatic N) is 1. The van der Waals surface area contributed by atoms with Crippen molar-refractivity contribution in [2.75, 3.05) is 19.8 Å². The molecule has 2 N–H and O–H groups in total. The summed E-state index contributed by atoms with van der Waals surface area (Å²) in [5.74, 6) is -0.704. The van der Waals surface area contributed by atoms with E-state index in [2.05, 4.69) is 15.5 Å². The topological polar surface area (TPSA) is 67.0 Å². The van der Waals surface area contributed by atoms with Gasteiger partial charge in [-0.1, -0.05) is 35.9 Å². The highest BCUT2D eigenvalue weighted by molar-refractivity contribution is 6.30. The van der Waals surface area contributed by atoms with Crippen molar-refractivity contribution >= 4 is 17.5 Å². The van der Waals surface area contributed by atoms with Crippen molar-refractivity contribution in [1.29, 1.82) is 0 Å². The highest BCUT2D eigenvalue weighted by atomic mass is 35.5. The molecule has 0 radical (unpaired) electrons. The van der Waals surface area contributed by atoms with Gasteiger partial charge in [-0.05, 0) is 42.7 Å². The molecule has 1 aromatic heterocycles. The number of hydrogen-bond donors (Lipinski definition) is 2. The van der Waals surface area contributed by atoms with E-state index in [9.17, 15) is 9.18 Å². The molecule has 4 rings (SSSR count). The van der Waals surface area contributed by atoms with Gasteiger partial charge in [0.25, 0.3) is 5.91 Å². The molecule has 0 atom stereocenters. The molecule has 0 bridgehead atoms. The monoisotopic (exact) mass is 413 g/mol. The number of nitrogens with one attached hydrogen (secondary N) is 2. The van der Waals surface area contributed by atoms with Gasteiger partial charge in [0.05, 0.1) is 17.5 Å². The Morgan fingerprint density at radius 3 is 2.62 bits per heavy atom. The van der Waals surface area contributed by atoms with Crippen molar-refractivity contribution in [2.45, 2.75) is 18.3 Å². The zero-order chi connectivity index (χ0) is 20.3. The van der Waals surface area contributed by atoms with Gasteiger partial charge in [0.15, 0.2) is 0 Å². The Morgan fingerprint density at radius 1 is 1.17 bits per heavy atom. The van der Waals surface area contributed by atoms with E-state index in [-0.39, 0.29) is 11.3 Å². The van der Waals surface area contributed by atoms with Crippen LogP contribution in [0.2, 0.25) is 5.02 Å². The highest BCUT2D eigenvalue weighted by Crippen LogP contribution is 2.35. The van der Waals surface area contributed by atoms with Crippen molar-refractivity contribution < 1.29 is 13.9 Å². The van der Waals surface area contributed by atoms with Crippen LogP contribution in [-0.4, -0.2) is 35.9 Å². The van der Waals surface area contributed by atoms with Gasteiger partial charge in [-0.15, -0.1) is 0 Å². The minimum Gasteiger partial charge on any atom is -0.381 e. The quantitative estimate of drug-likeness (QED) is 0.653. The number of H-pyrrole nitrogens is 1. The SMILES string of the molecule is O=C(NCC1(c2ccc(Cl)cc2)CCOCC1)c1cn[nH]c1-c1ccccc1F. The smallest absolute Gasteiger partial charge is 0.255 e. The first-order valence-electron chi connectivity index (χ1n) is 9.49. The van der Waals surface area contributed by atoms with E-state index in [1.165, 1.54) is 12.3 Å². The van der Waals surface area contributed by atoms with Crippen molar-refractivity contribution in [1.82, 2.24) is 15.5 Å². The number of ether oxygens (including phenoxy) is 1. The lowest BCUT2D eigenvalue weighted by molar-refractivity contribution is 0.0487. The molecule has 2 aromatic carbocycles. The average Bonchev–Trinajstić information content (AvgIpc) is 3.23. The molecule has 29 heavy (non-hydrogen) atoms. The molecule has 7 heteroatoms. The molecule has 0 saturated carbocycles. The maximum atomic E-state index is 14.2. The van der Waals surface area contributed by atoms with Crippen molar-refractivity contribution in [3.8, 4) is 11.3 Å². The van der Waals surface area contributed by atoms with Crippen LogP contribution in [0.5, 0.6) is 0 Å². The summed E-state index contributed by atoms with van der Waals surface area (Å²) in [6, 6.07) is 14.0. The van der Waals surface area contributed by atoms with Gasteiger partial charge in [0.1, 0.15) is 5.82 Å². The van der Waals surface area contributed by atoms with E-state index >= 15 is 0 Å². The van der Waals surface area contributed by atoms with Crippen molar-refractivity contribution in [3.05, 3.63) is 76.7 Å². The number of benzene rings is 2. The molecule has 3 aromatic rings. The van der Waals surface area contributed by atoms with E-state index < -0.39 is 5.82 Å². The van der Waals surface area contributed by atoms with Crippen molar-refractivity contribution in [3.63, 3.8) is 0 Å². The van der Waals surface area contributed by atoms with Crippen LogP contribution in [0, 0.1) is 5.82 Å². The van der Waals surface area contributed by atoms with Gasteiger partial charge >= 0.3 is 0 Å². The molecular weight excluding hydrogens is 393 g/mol. The van der Waals surface area contributed by atoms with Crippen LogP contribution in [0.3, 0.4) is 0 Å². The summed E-state index contributed by atoms with van der Waals surface area (Å²) in [5.41, 5.74) is 1.88. The fourth-order valence-corrected chi connectivity index (χ4v) is 3.93. The second kappa shape index (κ2) is 8.35. The third kappa shape index (κ3) is 4.04. The lowest BCUT2D eigenvalue weighted by Gasteiger charge is -2.38. The minimum atomic E-state index is -0.409. The van der Waals surface area contributed by atoms with Gasteiger partial charge < -0.3 is 10.1 Å². The predicted octanol–water partition coefficient (Wildman–Crippen LogP) is 4.35. The standard InChI is InChI=1S/C22H21ClFN3O2/c23-16-7-5-15(6-8-16)22(9-11-29-12-10-22)14-25-21(28)18-13-26-27-20(18)17-3-1-2-4-19(17)24/h1-8,13H,9-12,14H2,(H,25,28)(H,26,27). The van der Waals surface area contributed by atoms with Gasteiger partial charge in [-0.2, -0.15) is 5.10 Å². The molecule has 0 unspecified atom stereocenters. The largest absolute Gasteiger partial charge is 0.381 e. The number of carbonyl (C=O) groups is 1. The normalized spacial score (nSPS) is 15.8. The molecule has 1 saturated heterocycles. The lowest BCUT2D eigenvalue weighted by Crippen LogP contribution is -2.44. The Labute approximate surface area is 173 Å². The van der Waals surface area contributed by atoms with Gasteiger partial charge in [-0.3, -0.25) is 9.89 Å². The second-order valence-corrected chi connectivity index (χ2v) is 7.66. The van der Waals surface area contributed by atoms with Crippen LogP contribution < -0.4 is 5.32 Å². The molecule has 5 nitrogen and oxygen atoms in total. The molecule has 0 spiro atoms. The van der Waals surface area contributed by atoms with E-state index in [4.69, 9.17) is 16.3 Å². The van der Waals surface area contributed by atoms with E-state index in [1.54, 1.807) is 18.2 Å². The molecule has 1 aliphatic heterocycles. The summed E-state index contributed by atoms with van der Waals surface area (Å²) in [7, 11) is 0. The molecule has 0 aliphatic carbocycles. The summed E-state index contributed by atoms with van der Waals surface area (Å²) in [6.45, 7) is 1.70. The number of carbonyl (C=O) groups excluding carboxylic acids is 1. The Balaban J connectivity index is 1.56. The Morgan fingerprint density at radius 2 is 1.90 bits per heavy atom. The van der Waals surface area contributed by atoms with E-state index in [0.717, 1.165) is 18.4 Å². The maximum absolute atomic E-state index is 14.2. The van der Waals surface area contributed by atoms with Crippen LogP contribution >= 0.6 is 11.6 Å². The zero-order valence-electron chi connectivity index (χ0n) is 15.8. The Hall–Kier alpha value is -2.70. The summed E-state index contributed by atoms with van der Waals surface area (Å²) in [4.78, 5) is 12.9. The fourth-order valence-electron chi connectivity index (χ4n) is 3.81. The van der Waals surface area contributed by atoms with Crippen LogP contribution in [0.1, 0.15) is 28.8 Å². The molecule has 1 aliphatic rings.